The van der Waals surface area contributed by atoms with Crippen molar-refractivity contribution in [1.29, 1.82) is 0 Å². The lowest BCUT2D eigenvalue weighted by atomic mass is 9.97. The fraction of sp³-hybridized carbons (Fsp3) is 0.500. The second-order valence-corrected chi connectivity index (χ2v) is 7.57. The molecule has 9 heteroatoms. The van der Waals surface area contributed by atoms with Crippen LogP contribution in [-0.4, -0.2) is 64.3 Å². The molecule has 2 aliphatic heterocycles. The summed E-state index contributed by atoms with van der Waals surface area (Å²) in [5.74, 6) is 1.36. The van der Waals surface area contributed by atoms with Gasteiger partial charge in [0.25, 0.3) is 0 Å². The van der Waals surface area contributed by atoms with E-state index in [9.17, 15) is 4.79 Å². The Bertz CT molecular complexity index is 1010. The van der Waals surface area contributed by atoms with Crippen molar-refractivity contribution < 1.29 is 18.8 Å². The molecule has 2 aliphatic rings. The number of methoxy groups -OCH3 is 1. The van der Waals surface area contributed by atoms with Gasteiger partial charge in [-0.3, -0.25) is 4.68 Å². The Balaban J connectivity index is 1.36. The largest absolute Gasteiger partial charge is 0.453 e. The Labute approximate surface area is 167 Å². The van der Waals surface area contributed by atoms with Crippen molar-refractivity contribution in [3.8, 4) is 11.4 Å². The first-order valence-electron chi connectivity index (χ1n) is 9.95. The summed E-state index contributed by atoms with van der Waals surface area (Å²) in [6, 6.07) is 6.36. The van der Waals surface area contributed by atoms with Crippen molar-refractivity contribution in [2.75, 3.05) is 33.4 Å². The molecule has 2 saturated heterocycles. The summed E-state index contributed by atoms with van der Waals surface area (Å²) >= 11 is 0. The van der Waals surface area contributed by atoms with Crippen molar-refractivity contribution in [2.45, 2.75) is 31.2 Å². The average Bonchev–Trinajstić information content (AvgIpc) is 3.53. The van der Waals surface area contributed by atoms with Gasteiger partial charge in [0, 0.05) is 36.6 Å². The second-order valence-electron chi connectivity index (χ2n) is 7.57. The number of benzene rings is 1. The standard InChI is InChI=1S/C20H23N5O4/c1-27-20(26)24-7-4-13(5-8-24)19-22-18(23-29-19)14-2-3-15-11-21-25(17(15)10-14)16-6-9-28-12-16/h2-3,10-11,13,16H,4-9,12H2,1H3/t16-/m0/s1. The summed E-state index contributed by atoms with van der Waals surface area (Å²) in [6.07, 6.45) is 4.13. The minimum Gasteiger partial charge on any atom is -0.453 e. The summed E-state index contributed by atoms with van der Waals surface area (Å²) in [7, 11) is 1.40. The third kappa shape index (κ3) is 3.35. The summed E-state index contributed by atoms with van der Waals surface area (Å²) < 4.78 is 17.9. The Kier molecular flexibility index (Phi) is 4.67. The summed E-state index contributed by atoms with van der Waals surface area (Å²) in [5, 5.41) is 9.84. The van der Waals surface area contributed by atoms with Gasteiger partial charge in [0.15, 0.2) is 0 Å². The molecule has 1 amide bonds. The number of fused-ring (bicyclic) bond motifs is 1. The maximum absolute atomic E-state index is 11.6. The van der Waals surface area contributed by atoms with Crippen molar-refractivity contribution >= 4 is 17.0 Å². The highest BCUT2D eigenvalue weighted by molar-refractivity contribution is 5.83. The van der Waals surface area contributed by atoms with Crippen LogP contribution >= 0.6 is 0 Å². The van der Waals surface area contributed by atoms with Crippen LogP contribution in [0, 0.1) is 0 Å². The molecule has 0 unspecified atom stereocenters. The molecule has 152 valence electrons. The van der Waals surface area contributed by atoms with Crippen molar-refractivity contribution in [3.63, 3.8) is 0 Å². The third-order valence-electron chi connectivity index (χ3n) is 5.83. The maximum Gasteiger partial charge on any atom is 0.409 e. The first-order chi connectivity index (χ1) is 14.2. The Hall–Kier alpha value is -2.94. The zero-order valence-corrected chi connectivity index (χ0v) is 16.3. The third-order valence-corrected chi connectivity index (χ3v) is 5.83. The van der Waals surface area contributed by atoms with Crippen LogP contribution in [0.2, 0.25) is 0 Å². The zero-order valence-electron chi connectivity index (χ0n) is 16.3. The van der Waals surface area contributed by atoms with Gasteiger partial charge in [-0.05, 0) is 25.3 Å². The lowest BCUT2D eigenvalue weighted by molar-refractivity contribution is 0.109. The fourth-order valence-electron chi connectivity index (χ4n) is 4.14. The number of ether oxygens (including phenoxy) is 2. The van der Waals surface area contributed by atoms with Crippen LogP contribution in [0.25, 0.3) is 22.3 Å². The minimum absolute atomic E-state index is 0.155. The molecule has 0 spiro atoms. The number of aromatic nitrogens is 4. The average molecular weight is 397 g/mol. The highest BCUT2D eigenvalue weighted by Crippen LogP contribution is 2.30. The second kappa shape index (κ2) is 7.47. The Morgan fingerprint density at radius 1 is 1.24 bits per heavy atom. The predicted molar refractivity (Wildman–Crippen MR) is 103 cm³/mol. The molecule has 0 saturated carbocycles. The van der Waals surface area contributed by atoms with Gasteiger partial charge < -0.3 is 18.9 Å². The van der Waals surface area contributed by atoms with E-state index in [4.69, 9.17) is 14.0 Å². The number of rotatable bonds is 3. The van der Waals surface area contributed by atoms with Gasteiger partial charge in [0.05, 0.1) is 31.5 Å². The maximum atomic E-state index is 11.6. The monoisotopic (exact) mass is 397 g/mol. The molecule has 2 fully saturated rings. The smallest absolute Gasteiger partial charge is 0.409 e. The number of carbonyl (C=O) groups is 1. The van der Waals surface area contributed by atoms with Crippen molar-refractivity contribution in [3.05, 3.63) is 30.3 Å². The number of likely N-dealkylation sites (tertiary alicyclic amines) is 1. The zero-order chi connectivity index (χ0) is 19.8. The number of carbonyl (C=O) groups excluding carboxylic acids is 1. The van der Waals surface area contributed by atoms with Gasteiger partial charge in [-0.25, -0.2) is 4.79 Å². The Morgan fingerprint density at radius 3 is 2.86 bits per heavy atom. The molecule has 5 rings (SSSR count). The van der Waals surface area contributed by atoms with Crippen molar-refractivity contribution in [1.82, 2.24) is 24.8 Å². The van der Waals surface area contributed by atoms with Gasteiger partial charge in [0.2, 0.25) is 11.7 Å². The summed E-state index contributed by atoms with van der Waals surface area (Å²) in [6.45, 7) is 2.72. The molecule has 9 nitrogen and oxygen atoms in total. The number of amides is 1. The van der Waals surface area contributed by atoms with E-state index in [1.807, 2.05) is 23.0 Å². The van der Waals surface area contributed by atoms with Crippen LogP contribution in [0.3, 0.4) is 0 Å². The molecule has 1 atom stereocenters. The summed E-state index contributed by atoms with van der Waals surface area (Å²) in [5.41, 5.74) is 1.95. The normalized spacial score (nSPS) is 20.4. The molecule has 29 heavy (non-hydrogen) atoms. The van der Waals surface area contributed by atoms with Crippen LogP contribution in [-0.2, 0) is 9.47 Å². The van der Waals surface area contributed by atoms with E-state index < -0.39 is 0 Å². The van der Waals surface area contributed by atoms with E-state index in [2.05, 4.69) is 21.3 Å². The van der Waals surface area contributed by atoms with E-state index in [-0.39, 0.29) is 18.1 Å². The van der Waals surface area contributed by atoms with Gasteiger partial charge in [-0.2, -0.15) is 10.1 Å². The number of nitrogens with zero attached hydrogens (tertiary/aromatic N) is 5. The molecule has 4 heterocycles. The highest BCUT2D eigenvalue weighted by Gasteiger charge is 2.28. The molecule has 3 aromatic rings. The lowest BCUT2D eigenvalue weighted by Gasteiger charge is -2.28. The van der Waals surface area contributed by atoms with Crippen LogP contribution in [0.5, 0.6) is 0 Å². The van der Waals surface area contributed by atoms with Gasteiger partial charge in [0.1, 0.15) is 0 Å². The van der Waals surface area contributed by atoms with Gasteiger partial charge in [-0.15, -0.1) is 0 Å². The van der Waals surface area contributed by atoms with E-state index in [1.165, 1.54) is 7.11 Å². The first-order valence-corrected chi connectivity index (χ1v) is 9.95. The van der Waals surface area contributed by atoms with E-state index >= 15 is 0 Å². The molecular formula is C20H23N5O4. The van der Waals surface area contributed by atoms with Crippen LogP contribution < -0.4 is 0 Å². The van der Waals surface area contributed by atoms with E-state index in [0.29, 0.717) is 31.4 Å². The van der Waals surface area contributed by atoms with Crippen molar-refractivity contribution in [2.24, 2.45) is 0 Å². The van der Waals surface area contributed by atoms with Gasteiger partial charge >= 0.3 is 6.09 Å². The molecule has 0 aliphatic carbocycles. The highest BCUT2D eigenvalue weighted by atomic mass is 16.5. The number of hydrogen-bond donors (Lipinski definition) is 0. The molecule has 0 radical (unpaired) electrons. The molecule has 1 aromatic carbocycles. The van der Waals surface area contributed by atoms with Crippen LogP contribution in [0.4, 0.5) is 4.79 Å². The molecule has 0 N–H and O–H groups in total. The van der Waals surface area contributed by atoms with Crippen LogP contribution in [0.1, 0.15) is 37.1 Å². The van der Waals surface area contributed by atoms with Crippen LogP contribution in [0.15, 0.2) is 28.9 Å². The first kappa shape index (κ1) is 18.1. The number of hydrogen-bond acceptors (Lipinski definition) is 7. The SMILES string of the molecule is COC(=O)N1CCC(c2nc(-c3ccc4cnn([C@H]5CCOC5)c4c3)no2)CC1. The molecule has 0 bridgehead atoms. The fourth-order valence-corrected chi connectivity index (χ4v) is 4.14. The quantitative estimate of drug-likeness (QED) is 0.670. The topological polar surface area (TPSA) is 95.5 Å². The van der Waals surface area contributed by atoms with Gasteiger partial charge in [-0.1, -0.05) is 17.3 Å². The van der Waals surface area contributed by atoms with E-state index in [0.717, 1.165) is 42.3 Å². The summed E-state index contributed by atoms with van der Waals surface area (Å²) in [4.78, 5) is 18.0. The minimum atomic E-state index is -0.285. The number of piperidine rings is 1. The van der Waals surface area contributed by atoms with E-state index in [1.54, 1.807) is 4.90 Å². The molecular weight excluding hydrogens is 374 g/mol. The Morgan fingerprint density at radius 2 is 2.10 bits per heavy atom. The predicted octanol–water partition coefficient (Wildman–Crippen LogP) is 2.99. The molecule has 2 aromatic heterocycles. The lowest BCUT2D eigenvalue weighted by Crippen LogP contribution is -2.37.